The molecule has 1 aromatic heterocycles. The van der Waals surface area contributed by atoms with Crippen molar-refractivity contribution in [3.63, 3.8) is 0 Å². The van der Waals surface area contributed by atoms with Crippen molar-refractivity contribution < 1.29 is 4.74 Å². The number of pyridine rings is 1. The highest BCUT2D eigenvalue weighted by atomic mass is 79.9. The molecule has 0 aromatic carbocycles. The molecule has 0 bridgehead atoms. The molecule has 0 N–H and O–H groups in total. The number of ether oxygens (including phenoxy) is 1. The predicted octanol–water partition coefficient (Wildman–Crippen LogP) is 3.09. The van der Waals surface area contributed by atoms with Crippen molar-refractivity contribution in [2.75, 3.05) is 23.4 Å². The topological polar surface area (TPSA) is 25.4 Å². The first-order valence-corrected chi connectivity index (χ1v) is 7.31. The largest absolute Gasteiger partial charge is 0.478 e. The molecule has 2 atom stereocenters. The summed E-state index contributed by atoms with van der Waals surface area (Å²) in [6.07, 6.45) is 1.23. The van der Waals surface area contributed by atoms with E-state index in [0.717, 1.165) is 23.6 Å². The highest BCUT2D eigenvalue weighted by Gasteiger charge is 2.31. The summed E-state index contributed by atoms with van der Waals surface area (Å²) in [5.41, 5.74) is 0. The second-order valence-electron chi connectivity index (χ2n) is 4.45. The summed E-state index contributed by atoms with van der Waals surface area (Å²) in [4.78, 5) is 6.94. The van der Waals surface area contributed by atoms with Crippen molar-refractivity contribution >= 4 is 21.7 Å². The van der Waals surface area contributed by atoms with Crippen LogP contribution in [0.25, 0.3) is 0 Å². The second-order valence-corrected chi connectivity index (χ2v) is 5.10. The zero-order valence-corrected chi connectivity index (χ0v) is 12.0. The maximum absolute atomic E-state index is 5.45. The molecule has 1 aliphatic heterocycles. The second kappa shape index (κ2) is 5.71. The van der Waals surface area contributed by atoms with Crippen molar-refractivity contribution in [2.24, 2.45) is 5.92 Å². The molecule has 1 aliphatic rings. The molecule has 2 heterocycles. The Bertz CT molecular complexity index is 372. The van der Waals surface area contributed by atoms with Crippen LogP contribution >= 0.6 is 15.9 Å². The van der Waals surface area contributed by atoms with Crippen LogP contribution in [0.1, 0.15) is 20.3 Å². The van der Waals surface area contributed by atoms with Crippen LogP contribution in [-0.2, 0) is 0 Å². The van der Waals surface area contributed by atoms with Gasteiger partial charge in [0, 0.05) is 24.0 Å². The Morgan fingerprint density at radius 1 is 1.53 bits per heavy atom. The van der Waals surface area contributed by atoms with Gasteiger partial charge in [0.15, 0.2) is 0 Å². The van der Waals surface area contributed by atoms with Gasteiger partial charge in [-0.1, -0.05) is 28.9 Å². The zero-order valence-electron chi connectivity index (χ0n) is 10.4. The molecule has 1 fully saturated rings. The smallest absolute Gasteiger partial charge is 0.215 e. The summed E-state index contributed by atoms with van der Waals surface area (Å²) in [5, 5.41) is 0.995. The van der Waals surface area contributed by atoms with Gasteiger partial charge in [-0.3, -0.25) is 0 Å². The van der Waals surface area contributed by atoms with E-state index in [1.165, 1.54) is 6.42 Å². The third-order valence-corrected chi connectivity index (χ3v) is 4.00. The van der Waals surface area contributed by atoms with Crippen LogP contribution in [-0.4, -0.2) is 29.5 Å². The van der Waals surface area contributed by atoms with Gasteiger partial charge in [-0.05, 0) is 25.3 Å². The summed E-state index contributed by atoms with van der Waals surface area (Å²) >= 11 is 3.60. The third kappa shape index (κ3) is 2.73. The van der Waals surface area contributed by atoms with E-state index in [9.17, 15) is 0 Å². The fourth-order valence-corrected chi connectivity index (χ4v) is 3.31. The monoisotopic (exact) mass is 298 g/mol. The van der Waals surface area contributed by atoms with Gasteiger partial charge in [0.1, 0.15) is 5.82 Å². The van der Waals surface area contributed by atoms with Gasteiger partial charge in [-0.15, -0.1) is 0 Å². The average molecular weight is 299 g/mol. The molecule has 1 aromatic rings. The van der Waals surface area contributed by atoms with Crippen LogP contribution in [0, 0.1) is 5.92 Å². The normalized spacial score (nSPS) is 24.1. The Balaban J connectivity index is 2.18. The van der Waals surface area contributed by atoms with Crippen LogP contribution in [0.2, 0.25) is 0 Å². The van der Waals surface area contributed by atoms with E-state index in [0.29, 0.717) is 18.6 Å². The Kier molecular flexibility index (Phi) is 4.26. The molecule has 0 aliphatic carbocycles. The van der Waals surface area contributed by atoms with Gasteiger partial charge < -0.3 is 9.64 Å². The van der Waals surface area contributed by atoms with E-state index in [4.69, 9.17) is 4.74 Å². The maximum Gasteiger partial charge on any atom is 0.215 e. The Hall–Kier alpha value is -0.770. The fourth-order valence-electron chi connectivity index (χ4n) is 2.32. The molecule has 4 heteroatoms. The van der Waals surface area contributed by atoms with E-state index in [2.05, 4.69) is 38.8 Å². The predicted molar refractivity (Wildman–Crippen MR) is 74.1 cm³/mol. The summed E-state index contributed by atoms with van der Waals surface area (Å²) < 4.78 is 5.45. The lowest BCUT2D eigenvalue weighted by Crippen LogP contribution is -2.34. The van der Waals surface area contributed by atoms with Gasteiger partial charge in [0.25, 0.3) is 0 Å². The van der Waals surface area contributed by atoms with E-state index >= 15 is 0 Å². The zero-order chi connectivity index (χ0) is 12.3. The minimum Gasteiger partial charge on any atom is -0.478 e. The highest BCUT2D eigenvalue weighted by Crippen LogP contribution is 2.30. The number of anilines is 1. The lowest BCUT2D eigenvalue weighted by Gasteiger charge is -2.26. The van der Waals surface area contributed by atoms with Crippen LogP contribution in [0.4, 0.5) is 5.82 Å². The SMILES string of the molecule is CCOc1cccc(N2CCC(C)C2CBr)n1. The lowest BCUT2D eigenvalue weighted by molar-refractivity contribution is 0.327. The quantitative estimate of drug-likeness (QED) is 0.799. The molecule has 1 saturated heterocycles. The molecular formula is C13H19BrN2O. The van der Waals surface area contributed by atoms with E-state index in [1.807, 2.05) is 19.1 Å². The van der Waals surface area contributed by atoms with Gasteiger partial charge in [-0.25, -0.2) is 0 Å². The van der Waals surface area contributed by atoms with Gasteiger partial charge in [-0.2, -0.15) is 4.98 Å². The number of aromatic nitrogens is 1. The first kappa shape index (κ1) is 12.7. The van der Waals surface area contributed by atoms with Crippen molar-refractivity contribution in [2.45, 2.75) is 26.3 Å². The average Bonchev–Trinajstić information content (AvgIpc) is 2.71. The van der Waals surface area contributed by atoms with E-state index < -0.39 is 0 Å². The summed E-state index contributed by atoms with van der Waals surface area (Å²) in [7, 11) is 0. The minimum atomic E-state index is 0.541. The molecule has 0 amide bonds. The molecule has 3 nitrogen and oxygen atoms in total. The summed E-state index contributed by atoms with van der Waals surface area (Å²) in [6.45, 7) is 6.03. The first-order chi connectivity index (χ1) is 8.26. The first-order valence-electron chi connectivity index (χ1n) is 6.18. The molecule has 0 spiro atoms. The van der Waals surface area contributed by atoms with Crippen molar-refractivity contribution in [1.82, 2.24) is 4.98 Å². The van der Waals surface area contributed by atoms with Crippen molar-refractivity contribution in [3.05, 3.63) is 18.2 Å². The van der Waals surface area contributed by atoms with E-state index in [-0.39, 0.29) is 0 Å². The lowest BCUT2D eigenvalue weighted by atomic mass is 10.1. The van der Waals surface area contributed by atoms with Crippen LogP contribution in [0.3, 0.4) is 0 Å². The summed E-state index contributed by atoms with van der Waals surface area (Å²) in [5.74, 6) is 2.47. The number of hydrogen-bond acceptors (Lipinski definition) is 3. The van der Waals surface area contributed by atoms with Crippen molar-refractivity contribution in [3.8, 4) is 5.88 Å². The Morgan fingerprint density at radius 2 is 2.35 bits per heavy atom. The highest BCUT2D eigenvalue weighted by molar-refractivity contribution is 9.09. The van der Waals surface area contributed by atoms with Gasteiger partial charge in [0.05, 0.1) is 6.61 Å². The Labute approximate surface area is 111 Å². The van der Waals surface area contributed by atoms with Gasteiger partial charge >= 0.3 is 0 Å². The maximum atomic E-state index is 5.45. The van der Waals surface area contributed by atoms with E-state index in [1.54, 1.807) is 0 Å². The summed E-state index contributed by atoms with van der Waals surface area (Å²) in [6, 6.07) is 6.53. The van der Waals surface area contributed by atoms with Crippen LogP contribution in [0.15, 0.2) is 18.2 Å². The molecular weight excluding hydrogens is 280 g/mol. The number of rotatable bonds is 4. The molecule has 94 valence electrons. The Morgan fingerprint density at radius 3 is 3.06 bits per heavy atom. The standard InChI is InChI=1S/C13H19BrN2O/c1-3-17-13-6-4-5-12(15-13)16-8-7-10(2)11(16)9-14/h4-6,10-11H,3,7-9H2,1-2H3. The molecule has 0 saturated carbocycles. The molecule has 17 heavy (non-hydrogen) atoms. The third-order valence-electron chi connectivity index (χ3n) is 3.34. The van der Waals surface area contributed by atoms with Gasteiger partial charge in [0.2, 0.25) is 5.88 Å². The van der Waals surface area contributed by atoms with Crippen LogP contribution < -0.4 is 9.64 Å². The number of alkyl halides is 1. The molecule has 2 rings (SSSR count). The van der Waals surface area contributed by atoms with Crippen molar-refractivity contribution in [1.29, 1.82) is 0 Å². The molecule has 0 radical (unpaired) electrons. The number of hydrogen-bond donors (Lipinski definition) is 0. The molecule has 2 unspecified atom stereocenters. The fraction of sp³-hybridized carbons (Fsp3) is 0.615. The van der Waals surface area contributed by atoms with Crippen LogP contribution in [0.5, 0.6) is 5.88 Å². The number of halogens is 1. The minimum absolute atomic E-state index is 0.541. The number of nitrogens with zero attached hydrogens (tertiary/aromatic N) is 2.